The summed E-state index contributed by atoms with van der Waals surface area (Å²) in [6.45, 7) is 6.21. The average molecular weight is 248 g/mol. The molecular weight excluding hydrogens is 224 g/mol. The van der Waals surface area contributed by atoms with Gasteiger partial charge in [0.15, 0.2) is 5.78 Å². The standard InChI is InChI=1S/C16H24O2/c1-5-6-7-8-9-15(17)14-11-10-12(2)13(3)16(14)18-4/h10-11H,5-9H2,1-4H3. The van der Waals surface area contributed by atoms with Gasteiger partial charge in [0.05, 0.1) is 12.7 Å². The molecule has 0 saturated heterocycles. The van der Waals surface area contributed by atoms with E-state index in [1.807, 2.05) is 26.0 Å². The molecule has 2 heteroatoms. The number of hydrogen-bond donors (Lipinski definition) is 0. The molecule has 0 unspecified atom stereocenters. The van der Waals surface area contributed by atoms with E-state index in [2.05, 4.69) is 6.92 Å². The predicted octanol–water partition coefficient (Wildman–Crippen LogP) is 4.47. The summed E-state index contributed by atoms with van der Waals surface area (Å²) >= 11 is 0. The van der Waals surface area contributed by atoms with Gasteiger partial charge in [0.2, 0.25) is 0 Å². The third-order valence-electron chi connectivity index (χ3n) is 3.44. The second-order valence-electron chi connectivity index (χ2n) is 4.82. The maximum atomic E-state index is 12.2. The smallest absolute Gasteiger partial charge is 0.166 e. The first-order valence-electron chi connectivity index (χ1n) is 6.79. The predicted molar refractivity (Wildman–Crippen MR) is 75.6 cm³/mol. The Morgan fingerprint density at radius 2 is 1.89 bits per heavy atom. The summed E-state index contributed by atoms with van der Waals surface area (Å²) in [5, 5.41) is 0. The van der Waals surface area contributed by atoms with E-state index in [0.29, 0.717) is 6.42 Å². The molecule has 0 radical (unpaired) electrons. The molecule has 0 atom stereocenters. The third-order valence-corrected chi connectivity index (χ3v) is 3.44. The lowest BCUT2D eigenvalue weighted by atomic mass is 9.98. The first-order valence-corrected chi connectivity index (χ1v) is 6.79. The zero-order chi connectivity index (χ0) is 13.5. The van der Waals surface area contributed by atoms with Crippen LogP contribution in [0.1, 0.15) is 60.5 Å². The van der Waals surface area contributed by atoms with Gasteiger partial charge in [-0.15, -0.1) is 0 Å². The molecule has 0 saturated carbocycles. The highest BCUT2D eigenvalue weighted by Gasteiger charge is 2.14. The van der Waals surface area contributed by atoms with Crippen LogP contribution < -0.4 is 4.74 Å². The summed E-state index contributed by atoms with van der Waals surface area (Å²) < 4.78 is 5.38. The fourth-order valence-corrected chi connectivity index (χ4v) is 2.12. The summed E-state index contributed by atoms with van der Waals surface area (Å²) in [6, 6.07) is 3.89. The van der Waals surface area contributed by atoms with Crippen LogP contribution in [-0.4, -0.2) is 12.9 Å². The summed E-state index contributed by atoms with van der Waals surface area (Å²) in [5.41, 5.74) is 2.96. The van der Waals surface area contributed by atoms with Crippen molar-refractivity contribution < 1.29 is 9.53 Å². The molecule has 0 aliphatic heterocycles. The molecule has 100 valence electrons. The molecule has 0 aromatic heterocycles. The van der Waals surface area contributed by atoms with Crippen molar-refractivity contribution in [3.63, 3.8) is 0 Å². The topological polar surface area (TPSA) is 26.3 Å². The molecule has 0 N–H and O–H groups in total. The maximum Gasteiger partial charge on any atom is 0.166 e. The zero-order valence-corrected chi connectivity index (χ0v) is 12.0. The zero-order valence-electron chi connectivity index (χ0n) is 12.0. The van der Waals surface area contributed by atoms with Crippen LogP contribution in [0.2, 0.25) is 0 Å². The van der Waals surface area contributed by atoms with Crippen molar-refractivity contribution in [2.75, 3.05) is 7.11 Å². The lowest BCUT2D eigenvalue weighted by Crippen LogP contribution is -2.04. The van der Waals surface area contributed by atoms with Gasteiger partial charge >= 0.3 is 0 Å². The van der Waals surface area contributed by atoms with Gasteiger partial charge in [0, 0.05) is 6.42 Å². The summed E-state index contributed by atoms with van der Waals surface area (Å²) in [4.78, 5) is 12.2. The largest absolute Gasteiger partial charge is 0.496 e. The third kappa shape index (κ3) is 3.59. The highest BCUT2D eigenvalue weighted by Crippen LogP contribution is 2.27. The first kappa shape index (κ1) is 14.7. The number of carbonyl (C=O) groups is 1. The number of hydrogen-bond acceptors (Lipinski definition) is 2. The number of benzene rings is 1. The van der Waals surface area contributed by atoms with Gasteiger partial charge in [0.25, 0.3) is 0 Å². The van der Waals surface area contributed by atoms with Crippen molar-refractivity contribution in [1.29, 1.82) is 0 Å². The number of rotatable bonds is 7. The number of ketones is 1. The average Bonchev–Trinajstić information content (AvgIpc) is 2.37. The van der Waals surface area contributed by atoms with Crippen LogP contribution in [0.4, 0.5) is 0 Å². The fourth-order valence-electron chi connectivity index (χ4n) is 2.12. The van der Waals surface area contributed by atoms with Crippen molar-refractivity contribution in [1.82, 2.24) is 0 Å². The Labute approximate surface area is 110 Å². The van der Waals surface area contributed by atoms with Crippen LogP contribution >= 0.6 is 0 Å². The van der Waals surface area contributed by atoms with E-state index in [4.69, 9.17) is 4.74 Å². The maximum absolute atomic E-state index is 12.2. The molecule has 0 heterocycles. The second-order valence-corrected chi connectivity index (χ2v) is 4.82. The quantitative estimate of drug-likeness (QED) is 0.526. The van der Waals surface area contributed by atoms with Crippen LogP contribution in [-0.2, 0) is 0 Å². The van der Waals surface area contributed by atoms with Crippen LogP contribution in [0, 0.1) is 13.8 Å². The number of carbonyl (C=O) groups excluding carboxylic acids is 1. The Morgan fingerprint density at radius 3 is 2.50 bits per heavy atom. The molecule has 2 nitrogen and oxygen atoms in total. The van der Waals surface area contributed by atoms with Gasteiger partial charge in [-0.2, -0.15) is 0 Å². The van der Waals surface area contributed by atoms with Gasteiger partial charge in [-0.05, 0) is 37.5 Å². The highest BCUT2D eigenvalue weighted by atomic mass is 16.5. The molecule has 0 amide bonds. The SMILES string of the molecule is CCCCCCC(=O)c1ccc(C)c(C)c1OC. The van der Waals surface area contributed by atoms with E-state index in [1.54, 1.807) is 7.11 Å². The normalized spacial score (nSPS) is 10.4. The van der Waals surface area contributed by atoms with Crippen molar-refractivity contribution >= 4 is 5.78 Å². The molecule has 0 bridgehead atoms. The van der Waals surface area contributed by atoms with Gasteiger partial charge < -0.3 is 4.74 Å². The van der Waals surface area contributed by atoms with Crippen molar-refractivity contribution in [2.45, 2.75) is 52.9 Å². The molecule has 1 aromatic rings. The minimum absolute atomic E-state index is 0.200. The van der Waals surface area contributed by atoms with E-state index < -0.39 is 0 Å². The molecule has 1 aromatic carbocycles. The first-order chi connectivity index (χ1) is 8.61. The fraction of sp³-hybridized carbons (Fsp3) is 0.562. The Balaban J connectivity index is 2.76. The molecule has 0 spiro atoms. The van der Waals surface area contributed by atoms with Crippen molar-refractivity contribution in [3.05, 3.63) is 28.8 Å². The summed E-state index contributed by atoms with van der Waals surface area (Å²) in [6.07, 6.45) is 5.13. The van der Waals surface area contributed by atoms with Crippen molar-refractivity contribution in [2.24, 2.45) is 0 Å². The number of aryl methyl sites for hydroxylation is 1. The lowest BCUT2D eigenvalue weighted by molar-refractivity contribution is 0.0976. The van der Waals surface area contributed by atoms with Crippen molar-refractivity contribution in [3.8, 4) is 5.75 Å². The monoisotopic (exact) mass is 248 g/mol. The van der Waals surface area contributed by atoms with E-state index in [-0.39, 0.29) is 5.78 Å². The Kier molecular flexibility index (Phi) is 5.90. The minimum Gasteiger partial charge on any atom is -0.496 e. The Bertz CT molecular complexity index is 408. The molecular formula is C16H24O2. The van der Waals surface area contributed by atoms with E-state index >= 15 is 0 Å². The van der Waals surface area contributed by atoms with Crippen LogP contribution in [0.15, 0.2) is 12.1 Å². The lowest BCUT2D eigenvalue weighted by Gasteiger charge is -2.12. The van der Waals surface area contributed by atoms with Crippen LogP contribution in [0.5, 0.6) is 5.75 Å². The van der Waals surface area contributed by atoms with Gasteiger partial charge in [-0.3, -0.25) is 4.79 Å². The number of ether oxygens (including phenoxy) is 1. The molecule has 18 heavy (non-hydrogen) atoms. The number of Topliss-reactive ketones (excluding diaryl/α,β-unsaturated/α-hetero) is 1. The summed E-state index contributed by atoms with van der Waals surface area (Å²) in [5.74, 6) is 0.946. The van der Waals surface area contributed by atoms with Gasteiger partial charge in [-0.25, -0.2) is 0 Å². The second kappa shape index (κ2) is 7.20. The highest BCUT2D eigenvalue weighted by molar-refractivity contribution is 5.99. The number of methoxy groups -OCH3 is 1. The molecule has 0 aliphatic rings. The van der Waals surface area contributed by atoms with E-state index in [1.165, 1.54) is 12.8 Å². The van der Waals surface area contributed by atoms with E-state index in [9.17, 15) is 4.79 Å². The number of unbranched alkanes of at least 4 members (excludes halogenated alkanes) is 3. The van der Waals surface area contributed by atoms with Crippen LogP contribution in [0.25, 0.3) is 0 Å². The minimum atomic E-state index is 0.200. The van der Waals surface area contributed by atoms with E-state index in [0.717, 1.165) is 35.3 Å². The van der Waals surface area contributed by atoms with Gasteiger partial charge in [0.1, 0.15) is 5.75 Å². The molecule has 1 rings (SSSR count). The Morgan fingerprint density at radius 1 is 1.17 bits per heavy atom. The van der Waals surface area contributed by atoms with Gasteiger partial charge in [-0.1, -0.05) is 32.3 Å². The molecule has 0 fully saturated rings. The van der Waals surface area contributed by atoms with Crippen LogP contribution in [0.3, 0.4) is 0 Å². The summed E-state index contributed by atoms with van der Waals surface area (Å²) in [7, 11) is 1.63. The Hall–Kier alpha value is -1.31. The molecule has 0 aliphatic carbocycles.